The SMILES string of the molecule is Cc1cc(N2CCCC2=O)ccc1S(=O)(=O)N(C)CC(=O)Nc1ccccc1Cl. The van der Waals surface area contributed by atoms with E-state index in [2.05, 4.69) is 5.32 Å². The number of nitrogens with zero attached hydrogens (tertiary/aromatic N) is 2. The predicted octanol–water partition coefficient (Wildman–Crippen LogP) is 3.03. The lowest BCUT2D eigenvalue weighted by molar-refractivity contribution is -0.117. The van der Waals surface area contributed by atoms with Gasteiger partial charge in [-0.25, -0.2) is 8.42 Å². The number of carbonyl (C=O) groups excluding carboxylic acids is 2. The summed E-state index contributed by atoms with van der Waals surface area (Å²) in [6, 6.07) is 11.5. The zero-order valence-corrected chi connectivity index (χ0v) is 17.8. The first-order valence-electron chi connectivity index (χ1n) is 9.12. The van der Waals surface area contributed by atoms with Crippen LogP contribution in [0.3, 0.4) is 0 Å². The van der Waals surface area contributed by atoms with Crippen molar-refractivity contribution in [2.24, 2.45) is 0 Å². The van der Waals surface area contributed by atoms with Gasteiger partial charge in [-0.2, -0.15) is 4.31 Å². The van der Waals surface area contributed by atoms with Gasteiger partial charge in [-0.15, -0.1) is 0 Å². The largest absolute Gasteiger partial charge is 0.324 e. The number of hydrogen-bond donors (Lipinski definition) is 1. The van der Waals surface area contributed by atoms with Gasteiger partial charge in [0.2, 0.25) is 21.8 Å². The molecule has 1 N–H and O–H groups in total. The molecule has 2 aromatic carbocycles. The quantitative estimate of drug-likeness (QED) is 0.755. The van der Waals surface area contributed by atoms with Crippen LogP contribution >= 0.6 is 11.6 Å². The molecular formula is C20H22ClN3O4S. The Bertz CT molecular complexity index is 1060. The molecule has 1 aliphatic rings. The number of likely N-dealkylation sites (N-methyl/N-ethyl adjacent to an activating group) is 1. The van der Waals surface area contributed by atoms with Gasteiger partial charge in [-0.3, -0.25) is 9.59 Å². The van der Waals surface area contributed by atoms with Crippen LogP contribution in [0.25, 0.3) is 0 Å². The number of benzene rings is 2. The van der Waals surface area contributed by atoms with Gasteiger partial charge in [0.15, 0.2) is 0 Å². The summed E-state index contributed by atoms with van der Waals surface area (Å²) < 4.78 is 26.9. The molecule has 1 fully saturated rings. The molecule has 1 saturated heterocycles. The molecule has 3 rings (SSSR count). The van der Waals surface area contributed by atoms with Crippen molar-refractivity contribution in [3.05, 3.63) is 53.1 Å². The summed E-state index contributed by atoms with van der Waals surface area (Å²) in [6.07, 6.45) is 1.30. The maximum absolute atomic E-state index is 12.9. The van der Waals surface area contributed by atoms with E-state index >= 15 is 0 Å². The Morgan fingerprint density at radius 2 is 1.97 bits per heavy atom. The van der Waals surface area contributed by atoms with Crippen molar-refractivity contribution in [2.45, 2.75) is 24.7 Å². The molecule has 0 atom stereocenters. The van der Waals surface area contributed by atoms with Crippen LogP contribution in [0.5, 0.6) is 0 Å². The third-order valence-electron chi connectivity index (χ3n) is 4.75. The van der Waals surface area contributed by atoms with Crippen LogP contribution in [0.1, 0.15) is 18.4 Å². The molecule has 154 valence electrons. The molecule has 1 heterocycles. The molecule has 0 bridgehead atoms. The van der Waals surface area contributed by atoms with Gasteiger partial charge < -0.3 is 10.2 Å². The molecule has 0 spiro atoms. The topological polar surface area (TPSA) is 86.8 Å². The van der Waals surface area contributed by atoms with E-state index in [1.165, 1.54) is 13.1 Å². The molecule has 0 saturated carbocycles. The normalized spacial score (nSPS) is 14.5. The van der Waals surface area contributed by atoms with Crippen molar-refractivity contribution < 1.29 is 18.0 Å². The van der Waals surface area contributed by atoms with Crippen LogP contribution < -0.4 is 10.2 Å². The van der Waals surface area contributed by atoms with E-state index in [1.54, 1.807) is 48.2 Å². The zero-order chi connectivity index (χ0) is 21.2. The Hall–Kier alpha value is -2.42. The van der Waals surface area contributed by atoms with E-state index in [-0.39, 0.29) is 17.3 Å². The lowest BCUT2D eigenvalue weighted by Gasteiger charge is -2.21. The standard InChI is InChI=1S/C20H22ClN3O4S/c1-14-12-15(24-11-5-8-20(24)26)9-10-18(14)29(27,28)23(2)13-19(25)22-17-7-4-3-6-16(17)21/h3-4,6-7,9-10,12H,5,8,11,13H2,1-2H3,(H,22,25). The Morgan fingerprint density at radius 3 is 2.59 bits per heavy atom. The van der Waals surface area contributed by atoms with Crippen LogP contribution in [0, 0.1) is 6.92 Å². The Kier molecular flexibility index (Phi) is 6.26. The first-order valence-corrected chi connectivity index (χ1v) is 10.9. The number of rotatable bonds is 6. The number of carbonyl (C=O) groups is 2. The average molecular weight is 436 g/mol. The lowest BCUT2D eigenvalue weighted by atomic mass is 10.2. The number of aryl methyl sites for hydroxylation is 1. The van der Waals surface area contributed by atoms with Crippen molar-refractivity contribution in [3.8, 4) is 0 Å². The van der Waals surface area contributed by atoms with Crippen LogP contribution in [0.4, 0.5) is 11.4 Å². The smallest absolute Gasteiger partial charge is 0.243 e. The molecule has 29 heavy (non-hydrogen) atoms. The van der Waals surface area contributed by atoms with Gasteiger partial charge in [0.25, 0.3) is 0 Å². The van der Waals surface area contributed by atoms with Gasteiger partial charge in [0, 0.05) is 25.7 Å². The maximum Gasteiger partial charge on any atom is 0.243 e. The second-order valence-corrected chi connectivity index (χ2v) is 9.31. The number of sulfonamides is 1. The molecule has 0 unspecified atom stereocenters. The average Bonchev–Trinajstić information content (AvgIpc) is 3.09. The van der Waals surface area contributed by atoms with Crippen molar-refractivity contribution in [2.75, 3.05) is 30.4 Å². The minimum absolute atomic E-state index is 0.0355. The molecule has 2 aromatic rings. The van der Waals surface area contributed by atoms with E-state index in [1.807, 2.05) is 0 Å². The highest BCUT2D eigenvalue weighted by Crippen LogP contribution is 2.27. The third-order valence-corrected chi connectivity index (χ3v) is 7.04. The Morgan fingerprint density at radius 1 is 1.24 bits per heavy atom. The van der Waals surface area contributed by atoms with Crippen LogP contribution in [0.2, 0.25) is 5.02 Å². The van der Waals surface area contributed by atoms with E-state index in [9.17, 15) is 18.0 Å². The number of para-hydroxylation sites is 1. The summed E-state index contributed by atoms with van der Waals surface area (Å²) in [6.45, 7) is 1.94. The van der Waals surface area contributed by atoms with Crippen LogP contribution in [0.15, 0.2) is 47.4 Å². The second-order valence-electron chi connectivity index (χ2n) is 6.89. The second kappa shape index (κ2) is 8.52. The van der Waals surface area contributed by atoms with Crippen molar-refractivity contribution in [3.63, 3.8) is 0 Å². The molecule has 0 radical (unpaired) electrons. The van der Waals surface area contributed by atoms with Gasteiger partial charge in [-0.1, -0.05) is 23.7 Å². The van der Waals surface area contributed by atoms with Gasteiger partial charge in [0.05, 0.1) is 22.2 Å². The van der Waals surface area contributed by atoms with Crippen LogP contribution in [-0.2, 0) is 19.6 Å². The summed E-state index contributed by atoms with van der Waals surface area (Å²) >= 11 is 6.02. The minimum atomic E-state index is -3.88. The molecule has 0 aromatic heterocycles. The number of anilines is 2. The molecule has 9 heteroatoms. The summed E-state index contributed by atoms with van der Waals surface area (Å²) in [5, 5.41) is 2.98. The summed E-state index contributed by atoms with van der Waals surface area (Å²) in [5.41, 5.74) is 1.62. The third kappa shape index (κ3) is 4.60. The van der Waals surface area contributed by atoms with E-state index < -0.39 is 15.9 Å². The molecule has 7 nitrogen and oxygen atoms in total. The fraction of sp³-hybridized carbons (Fsp3) is 0.300. The van der Waals surface area contributed by atoms with E-state index in [0.717, 1.165) is 10.7 Å². The minimum Gasteiger partial charge on any atom is -0.324 e. The zero-order valence-electron chi connectivity index (χ0n) is 16.2. The fourth-order valence-electron chi connectivity index (χ4n) is 3.22. The van der Waals surface area contributed by atoms with Gasteiger partial charge in [-0.05, 0) is 49.2 Å². The highest BCUT2D eigenvalue weighted by Gasteiger charge is 2.27. The number of hydrogen-bond acceptors (Lipinski definition) is 4. The molecule has 2 amide bonds. The number of amides is 2. The first kappa shape index (κ1) is 21.3. The Labute approximate surface area is 175 Å². The molecule has 1 aliphatic heterocycles. The fourth-order valence-corrected chi connectivity index (χ4v) is 4.73. The lowest BCUT2D eigenvalue weighted by Crippen LogP contribution is -2.35. The van der Waals surface area contributed by atoms with E-state index in [4.69, 9.17) is 11.6 Å². The summed E-state index contributed by atoms with van der Waals surface area (Å²) in [5.74, 6) is -0.463. The summed E-state index contributed by atoms with van der Waals surface area (Å²) in [7, 11) is -2.54. The Balaban J connectivity index is 1.74. The number of halogens is 1. The highest BCUT2D eigenvalue weighted by molar-refractivity contribution is 7.89. The molecular weight excluding hydrogens is 414 g/mol. The van der Waals surface area contributed by atoms with Crippen molar-refractivity contribution >= 4 is 44.8 Å². The predicted molar refractivity (Wildman–Crippen MR) is 113 cm³/mol. The highest BCUT2D eigenvalue weighted by atomic mass is 35.5. The maximum atomic E-state index is 12.9. The van der Waals surface area contributed by atoms with Crippen molar-refractivity contribution in [1.82, 2.24) is 4.31 Å². The van der Waals surface area contributed by atoms with Gasteiger partial charge >= 0.3 is 0 Å². The first-order chi connectivity index (χ1) is 13.7. The molecule has 0 aliphatic carbocycles. The number of nitrogens with one attached hydrogen (secondary N) is 1. The monoisotopic (exact) mass is 435 g/mol. The van der Waals surface area contributed by atoms with Crippen LogP contribution in [-0.4, -0.2) is 44.7 Å². The summed E-state index contributed by atoms with van der Waals surface area (Å²) in [4.78, 5) is 26.0. The van der Waals surface area contributed by atoms with Gasteiger partial charge in [0.1, 0.15) is 0 Å². The van der Waals surface area contributed by atoms with Crippen molar-refractivity contribution in [1.29, 1.82) is 0 Å². The van der Waals surface area contributed by atoms with E-state index in [0.29, 0.717) is 34.9 Å².